The zero-order valence-corrected chi connectivity index (χ0v) is 30.1. The van der Waals surface area contributed by atoms with E-state index in [-0.39, 0.29) is 42.9 Å². The first-order valence-electron chi connectivity index (χ1n) is 17.0. The molecule has 0 radical (unpaired) electrons. The van der Waals surface area contributed by atoms with E-state index in [1.165, 1.54) is 18.2 Å². The molecule has 284 valence electrons. The minimum atomic E-state index is -0.519. The lowest BCUT2D eigenvalue weighted by Gasteiger charge is -2.23. The van der Waals surface area contributed by atoms with Gasteiger partial charge < -0.3 is 43.2 Å². The van der Waals surface area contributed by atoms with Gasteiger partial charge >= 0.3 is 5.97 Å². The lowest BCUT2D eigenvalue weighted by atomic mass is 10.1. The van der Waals surface area contributed by atoms with Crippen LogP contribution in [0.3, 0.4) is 0 Å². The second-order valence-electron chi connectivity index (χ2n) is 10.9. The standard InChI is InChI=1S/C36H47ClN4O11/c1-2-40(31-7-5-30(6-8-31)38-39-35-12-9-32(41(44)45)28-34(35)37)13-15-51-33-10-3-29(4-11-33)27-36(43)52-26-25-50-24-23-49-22-21-48-20-19-47-18-17-46-16-14-42/h3-12,28,42H,2,13-27H2,1H3. The van der Waals surface area contributed by atoms with Crippen LogP contribution in [-0.4, -0.2) is 115 Å². The molecular formula is C36H47ClN4O11. The van der Waals surface area contributed by atoms with Crippen LogP contribution < -0.4 is 9.64 Å². The van der Waals surface area contributed by atoms with Gasteiger partial charge in [0.1, 0.15) is 24.7 Å². The number of carbonyl (C=O) groups is 1. The normalized spacial score (nSPS) is 11.2. The third kappa shape index (κ3) is 17.3. The number of hydrogen-bond acceptors (Lipinski definition) is 14. The van der Waals surface area contributed by atoms with E-state index < -0.39 is 4.92 Å². The number of rotatable bonds is 28. The Kier molecular flexibility index (Phi) is 20.8. The Balaban J connectivity index is 1.22. The fraction of sp³-hybridized carbons (Fsp3) is 0.472. The maximum absolute atomic E-state index is 12.2. The van der Waals surface area contributed by atoms with Crippen molar-refractivity contribution in [3.63, 3.8) is 0 Å². The number of anilines is 1. The predicted octanol–water partition coefficient (Wildman–Crippen LogP) is 5.73. The largest absolute Gasteiger partial charge is 0.492 e. The van der Waals surface area contributed by atoms with Crippen molar-refractivity contribution in [3.05, 3.63) is 87.4 Å². The van der Waals surface area contributed by atoms with Gasteiger partial charge in [-0.25, -0.2) is 0 Å². The Hall–Kier alpha value is -4.22. The Morgan fingerprint density at radius 2 is 1.35 bits per heavy atom. The summed E-state index contributed by atoms with van der Waals surface area (Å²) in [6.07, 6.45) is 0.145. The molecule has 1 N–H and O–H groups in total. The summed E-state index contributed by atoms with van der Waals surface area (Å²) >= 11 is 6.10. The molecule has 3 aromatic rings. The third-order valence-corrected chi connectivity index (χ3v) is 7.43. The van der Waals surface area contributed by atoms with Crippen LogP contribution in [0.15, 0.2) is 77.0 Å². The number of non-ortho nitro benzene ring substituents is 1. The molecule has 0 aliphatic heterocycles. The number of halogens is 1. The van der Waals surface area contributed by atoms with Crippen LogP contribution in [0.4, 0.5) is 22.7 Å². The van der Waals surface area contributed by atoms with Crippen LogP contribution in [0.1, 0.15) is 12.5 Å². The van der Waals surface area contributed by atoms with Crippen molar-refractivity contribution < 1.29 is 48.0 Å². The Labute approximate surface area is 308 Å². The summed E-state index contributed by atoms with van der Waals surface area (Å²) in [5.41, 5.74) is 2.65. The van der Waals surface area contributed by atoms with Crippen molar-refractivity contribution >= 4 is 40.3 Å². The van der Waals surface area contributed by atoms with E-state index in [1.807, 2.05) is 48.5 Å². The highest BCUT2D eigenvalue weighted by Crippen LogP contribution is 2.30. The van der Waals surface area contributed by atoms with Crippen molar-refractivity contribution in [2.75, 3.05) is 104 Å². The number of azo groups is 1. The average molecular weight is 747 g/mol. The number of ether oxygens (including phenoxy) is 7. The number of carbonyl (C=O) groups excluding carboxylic acids is 1. The average Bonchev–Trinajstić information content (AvgIpc) is 3.15. The van der Waals surface area contributed by atoms with E-state index in [9.17, 15) is 14.9 Å². The van der Waals surface area contributed by atoms with Gasteiger partial charge in [-0.3, -0.25) is 14.9 Å². The van der Waals surface area contributed by atoms with E-state index in [4.69, 9.17) is 49.9 Å². The molecule has 0 saturated carbocycles. The van der Waals surface area contributed by atoms with Crippen molar-refractivity contribution in [1.82, 2.24) is 0 Å². The van der Waals surface area contributed by atoms with Crippen molar-refractivity contribution in [2.24, 2.45) is 10.2 Å². The molecule has 3 rings (SSSR count). The number of nitro benzene ring substituents is 1. The van der Waals surface area contributed by atoms with Crippen molar-refractivity contribution in [3.8, 4) is 5.75 Å². The first-order chi connectivity index (χ1) is 25.4. The second kappa shape index (κ2) is 25.7. The van der Waals surface area contributed by atoms with Crippen molar-refractivity contribution in [1.29, 1.82) is 0 Å². The monoisotopic (exact) mass is 746 g/mol. The lowest BCUT2D eigenvalue weighted by molar-refractivity contribution is -0.384. The molecule has 0 unspecified atom stereocenters. The Bertz CT molecular complexity index is 1480. The number of aliphatic hydroxyl groups is 1. The summed E-state index contributed by atoms with van der Waals surface area (Å²) in [6.45, 7) is 8.19. The highest BCUT2D eigenvalue weighted by atomic mass is 35.5. The Morgan fingerprint density at radius 1 is 0.769 bits per heavy atom. The third-order valence-electron chi connectivity index (χ3n) is 7.13. The van der Waals surface area contributed by atoms with Crippen molar-refractivity contribution in [2.45, 2.75) is 13.3 Å². The van der Waals surface area contributed by atoms with Gasteiger partial charge in [-0.15, -0.1) is 5.11 Å². The number of nitro groups is 1. The quantitative estimate of drug-likeness (QED) is 0.0315. The minimum Gasteiger partial charge on any atom is -0.492 e. The van der Waals surface area contributed by atoms with Crippen LogP contribution >= 0.6 is 11.6 Å². The fourth-order valence-corrected chi connectivity index (χ4v) is 4.67. The summed E-state index contributed by atoms with van der Waals surface area (Å²) in [5.74, 6) is 0.357. The molecule has 0 aliphatic rings. The second-order valence-corrected chi connectivity index (χ2v) is 11.3. The lowest BCUT2D eigenvalue weighted by Crippen LogP contribution is -2.27. The number of hydrogen-bond donors (Lipinski definition) is 1. The van der Waals surface area contributed by atoms with Gasteiger partial charge in [0.05, 0.1) is 101 Å². The van der Waals surface area contributed by atoms with Crippen LogP contribution in [0.5, 0.6) is 5.75 Å². The van der Waals surface area contributed by atoms with Gasteiger partial charge in [0, 0.05) is 24.4 Å². The van der Waals surface area contributed by atoms with E-state index >= 15 is 0 Å². The molecule has 0 heterocycles. The van der Waals surface area contributed by atoms with Gasteiger partial charge in [0.15, 0.2) is 0 Å². The number of likely N-dealkylation sites (N-methyl/N-ethyl adjacent to an activating group) is 1. The minimum absolute atomic E-state index is 0.00456. The van der Waals surface area contributed by atoms with Gasteiger partial charge in [0.25, 0.3) is 5.69 Å². The van der Waals surface area contributed by atoms with Gasteiger partial charge in [-0.2, -0.15) is 5.11 Å². The SMILES string of the molecule is CCN(CCOc1ccc(CC(=O)OCCOCCOCCOCCOCCOCCO)cc1)c1ccc(N=Nc2ccc([N+](=O)[O-])cc2Cl)cc1. The molecule has 52 heavy (non-hydrogen) atoms. The summed E-state index contributed by atoms with van der Waals surface area (Å²) < 4.78 is 37.9. The fourth-order valence-electron chi connectivity index (χ4n) is 4.46. The molecular weight excluding hydrogens is 700 g/mol. The molecule has 3 aromatic carbocycles. The maximum atomic E-state index is 12.2. The van der Waals surface area contributed by atoms with Crippen LogP contribution in [-0.2, 0) is 39.6 Å². The molecule has 0 amide bonds. The van der Waals surface area contributed by atoms with E-state index in [1.54, 1.807) is 0 Å². The molecule has 0 atom stereocenters. The number of esters is 1. The number of nitrogens with zero attached hydrogens (tertiary/aromatic N) is 4. The molecule has 0 spiro atoms. The zero-order valence-electron chi connectivity index (χ0n) is 29.4. The first kappa shape index (κ1) is 42.2. The molecule has 0 bridgehead atoms. The highest BCUT2D eigenvalue weighted by molar-refractivity contribution is 6.33. The zero-order chi connectivity index (χ0) is 37.2. The first-order valence-corrected chi connectivity index (χ1v) is 17.3. The Morgan fingerprint density at radius 3 is 1.88 bits per heavy atom. The molecule has 0 aliphatic carbocycles. The van der Waals surface area contributed by atoms with E-state index in [0.29, 0.717) is 89.7 Å². The summed E-state index contributed by atoms with van der Waals surface area (Å²) in [4.78, 5) is 24.8. The van der Waals surface area contributed by atoms with Crippen LogP contribution in [0.25, 0.3) is 0 Å². The summed E-state index contributed by atoms with van der Waals surface area (Å²) in [7, 11) is 0. The van der Waals surface area contributed by atoms with E-state index in [2.05, 4.69) is 22.1 Å². The van der Waals surface area contributed by atoms with E-state index in [0.717, 1.165) is 17.8 Å². The van der Waals surface area contributed by atoms with Crippen LogP contribution in [0, 0.1) is 10.1 Å². The summed E-state index contributed by atoms with van der Waals surface area (Å²) in [5, 5.41) is 28.0. The smallest absolute Gasteiger partial charge is 0.310 e. The van der Waals surface area contributed by atoms with Gasteiger partial charge in [-0.05, 0) is 55.0 Å². The maximum Gasteiger partial charge on any atom is 0.310 e. The highest BCUT2D eigenvalue weighted by Gasteiger charge is 2.10. The molecule has 0 fully saturated rings. The van der Waals surface area contributed by atoms with Crippen LogP contribution in [0.2, 0.25) is 5.02 Å². The van der Waals surface area contributed by atoms with Gasteiger partial charge in [-0.1, -0.05) is 23.7 Å². The molecule has 16 heteroatoms. The predicted molar refractivity (Wildman–Crippen MR) is 194 cm³/mol. The topological polar surface area (TPSA) is 173 Å². The summed E-state index contributed by atoms with van der Waals surface area (Å²) in [6, 6.07) is 18.9. The molecule has 0 saturated heterocycles. The number of benzene rings is 3. The molecule has 0 aromatic heterocycles. The number of aliphatic hydroxyl groups excluding tert-OH is 1. The molecule has 15 nitrogen and oxygen atoms in total. The van der Waals surface area contributed by atoms with Gasteiger partial charge in [0.2, 0.25) is 0 Å².